The van der Waals surface area contributed by atoms with Gasteiger partial charge in [0, 0.05) is 21.8 Å². The number of aromatic nitrogens is 2. The van der Waals surface area contributed by atoms with Crippen LogP contribution >= 0.6 is 34.2 Å². The molecular weight excluding hydrogens is 484 g/mol. The van der Waals surface area contributed by atoms with Crippen LogP contribution in [0.5, 0.6) is 11.6 Å². The van der Waals surface area contributed by atoms with E-state index in [2.05, 4.69) is 29.1 Å². The lowest BCUT2D eigenvalue weighted by molar-refractivity contribution is 0.304. The molecule has 0 spiro atoms. The van der Waals surface area contributed by atoms with Gasteiger partial charge >= 0.3 is 0 Å². The van der Waals surface area contributed by atoms with Gasteiger partial charge in [-0.2, -0.15) is 4.39 Å². The molecular formula is C19H22ClFIN3O2. The fourth-order valence-corrected chi connectivity index (χ4v) is 2.95. The van der Waals surface area contributed by atoms with Gasteiger partial charge in [0.25, 0.3) is 11.9 Å². The molecule has 0 atom stereocenters. The minimum Gasteiger partial charge on any atom is -0.478 e. The van der Waals surface area contributed by atoms with Crippen LogP contribution in [0, 0.1) is 6.92 Å². The SMILES string of the molecule is CCC(CC)Nc1nc(C)c(-c2ccc(O/C(F)=C/I)cc2Cl)nc1OC. The highest BCUT2D eigenvalue weighted by Gasteiger charge is 2.17. The van der Waals surface area contributed by atoms with Crippen molar-refractivity contribution in [3.63, 3.8) is 0 Å². The van der Waals surface area contributed by atoms with Crippen LogP contribution in [0.2, 0.25) is 5.02 Å². The van der Waals surface area contributed by atoms with Crippen molar-refractivity contribution >= 4 is 40.0 Å². The predicted octanol–water partition coefficient (Wildman–Crippen LogP) is 6.30. The Kier molecular flexibility index (Phi) is 8.09. The Morgan fingerprint density at radius 2 is 2.04 bits per heavy atom. The van der Waals surface area contributed by atoms with Crippen LogP contribution in [0.15, 0.2) is 28.3 Å². The van der Waals surface area contributed by atoms with E-state index >= 15 is 0 Å². The lowest BCUT2D eigenvalue weighted by atomic mass is 10.1. The molecule has 0 fully saturated rings. The predicted molar refractivity (Wildman–Crippen MR) is 116 cm³/mol. The van der Waals surface area contributed by atoms with E-state index in [1.54, 1.807) is 47.9 Å². The number of methoxy groups -OCH3 is 1. The van der Waals surface area contributed by atoms with Crippen molar-refractivity contribution in [3.8, 4) is 22.9 Å². The smallest absolute Gasteiger partial charge is 0.284 e. The number of ether oxygens (including phenoxy) is 2. The average molecular weight is 506 g/mol. The number of aryl methyl sites for hydroxylation is 1. The first-order valence-corrected chi connectivity index (χ1v) is 10.2. The first-order chi connectivity index (χ1) is 12.9. The van der Waals surface area contributed by atoms with E-state index in [1.165, 1.54) is 4.08 Å². The van der Waals surface area contributed by atoms with Gasteiger partial charge in [-0.25, -0.2) is 9.97 Å². The lowest BCUT2D eigenvalue weighted by Crippen LogP contribution is -2.19. The van der Waals surface area contributed by atoms with Crippen molar-refractivity contribution in [2.75, 3.05) is 12.4 Å². The Morgan fingerprint density at radius 1 is 1.33 bits per heavy atom. The van der Waals surface area contributed by atoms with Crippen LogP contribution in [0.25, 0.3) is 11.3 Å². The second-order valence-corrected chi connectivity index (χ2v) is 6.86. The molecule has 0 saturated heterocycles. The van der Waals surface area contributed by atoms with Crippen molar-refractivity contribution in [1.29, 1.82) is 0 Å². The van der Waals surface area contributed by atoms with E-state index in [-0.39, 0.29) is 0 Å². The number of anilines is 1. The van der Waals surface area contributed by atoms with Crippen molar-refractivity contribution in [2.24, 2.45) is 0 Å². The Bertz CT molecular complexity index is 829. The third kappa shape index (κ3) is 5.44. The largest absolute Gasteiger partial charge is 0.478 e. The van der Waals surface area contributed by atoms with Gasteiger partial charge in [-0.15, -0.1) is 0 Å². The Balaban J connectivity index is 2.41. The average Bonchev–Trinajstić information content (AvgIpc) is 2.66. The Labute approximate surface area is 177 Å². The molecule has 0 aliphatic rings. The molecule has 1 N–H and O–H groups in total. The number of nitrogens with zero attached hydrogens (tertiary/aromatic N) is 2. The van der Waals surface area contributed by atoms with Gasteiger partial charge in [-0.05, 0) is 54.5 Å². The van der Waals surface area contributed by atoms with E-state index in [1.807, 2.05) is 6.92 Å². The summed E-state index contributed by atoms with van der Waals surface area (Å²) in [7, 11) is 1.55. The summed E-state index contributed by atoms with van der Waals surface area (Å²) in [4.78, 5) is 9.21. The summed E-state index contributed by atoms with van der Waals surface area (Å²) < 4.78 is 24.9. The summed E-state index contributed by atoms with van der Waals surface area (Å²) in [5.74, 6) is 1.31. The fourth-order valence-electron chi connectivity index (χ4n) is 2.57. The van der Waals surface area contributed by atoms with Gasteiger partial charge in [-0.1, -0.05) is 25.4 Å². The van der Waals surface area contributed by atoms with Gasteiger partial charge in [-0.3, -0.25) is 0 Å². The monoisotopic (exact) mass is 505 g/mol. The van der Waals surface area contributed by atoms with E-state index in [4.69, 9.17) is 21.1 Å². The number of hydrogen-bond donors (Lipinski definition) is 1. The standard InChI is InChI=1S/C19H22ClFIN3O2/c1-5-12(6-2)24-18-19(26-4)25-17(11(3)23-18)14-8-7-13(9-15(14)20)27-16(21)10-22/h7-10,12H,5-6H2,1-4H3,(H,23,24)/b16-10+. The third-order valence-electron chi connectivity index (χ3n) is 4.05. The first kappa shape index (κ1) is 21.7. The summed E-state index contributed by atoms with van der Waals surface area (Å²) in [5.41, 5.74) is 1.97. The van der Waals surface area contributed by atoms with Crippen LogP contribution < -0.4 is 14.8 Å². The highest BCUT2D eigenvalue weighted by Crippen LogP contribution is 2.35. The third-order valence-corrected chi connectivity index (χ3v) is 4.86. The molecule has 0 aliphatic heterocycles. The first-order valence-electron chi connectivity index (χ1n) is 8.56. The molecule has 8 heteroatoms. The molecule has 0 bridgehead atoms. The quantitative estimate of drug-likeness (QED) is 0.337. The number of halogens is 3. The van der Waals surface area contributed by atoms with Crippen molar-refractivity contribution < 1.29 is 13.9 Å². The minimum absolute atomic E-state index is 0.291. The van der Waals surface area contributed by atoms with Crippen LogP contribution in [0.1, 0.15) is 32.4 Å². The molecule has 1 aromatic carbocycles. The van der Waals surface area contributed by atoms with Crippen molar-refractivity contribution in [1.82, 2.24) is 9.97 Å². The second-order valence-electron chi connectivity index (χ2n) is 5.83. The number of nitrogens with one attached hydrogen (secondary N) is 1. The van der Waals surface area contributed by atoms with Gasteiger partial charge in [0.2, 0.25) is 0 Å². The molecule has 146 valence electrons. The van der Waals surface area contributed by atoms with Crippen molar-refractivity contribution in [2.45, 2.75) is 39.7 Å². The number of hydrogen-bond acceptors (Lipinski definition) is 5. The molecule has 1 heterocycles. The summed E-state index contributed by atoms with van der Waals surface area (Å²) in [6.45, 7) is 6.09. The Morgan fingerprint density at radius 3 is 2.59 bits per heavy atom. The van der Waals surface area contributed by atoms with Crippen LogP contribution in [-0.4, -0.2) is 23.1 Å². The van der Waals surface area contributed by atoms with Crippen molar-refractivity contribution in [3.05, 3.63) is 39.0 Å². The van der Waals surface area contributed by atoms with Gasteiger partial charge < -0.3 is 14.8 Å². The zero-order valence-electron chi connectivity index (χ0n) is 15.6. The zero-order chi connectivity index (χ0) is 20.0. The summed E-state index contributed by atoms with van der Waals surface area (Å²) in [5, 5.41) is 3.75. The highest BCUT2D eigenvalue weighted by molar-refractivity contribution is 14.1. The maximum atomic E-state index is 13.3. The molecule has 5 nitrogen and oxygen atoms in total. The molecule has 2 rings (SSSR count). The molecule has 1 aromatic heterocycles. The van der Waals surface area contributed by atoms with Crippen LogP contribution in [0.4, 0.5) is 10.2 Å². The molecule has 0 radical (unpaired) electrons. The summed E-state index contributed by atoms with van der Waals surface area (Å²) in [6.07, 6.45) is 1.94. The maximum Gasteiger partial charge on any atom is 0.284 e. The fraction of sp³-hybridized carbons (Fsp3) is 0.368. The Hall–Kier alpha value is -1.61. The molecule has 0 amide bonds. The summed E-state index contributed by atoms with van der Waals surface area (Å²) >= 11 is 8.14. The maximum absolute atomic E-state index is 13.3. The normalized spacial score (nSPS) is 11.6. The van der Waals surface area contributed by atoms with E-state index in [9.17, 15) is 4.39 Å². The van der Waals surface area contributed by atoms with E-state index in [0.29, 0.717) is 45.5 Å². The van der Waals surface area contributed by atoms with Crippen LogP contribution in [0.3, 0.4) is 0 Å². The molecule has 2 aromatic rings. The molecule has 0 unspecified atom stereocenters. The van der Waals surface area contributed by atoms with Gasteiger partial charge in [0.05, 0.1) is 23.5 Å². The minimum atomic E-state index is -0.700. The highest BCUT2D eigenvalue weighted by atomic mass is 127. The number of rotatable bonds is 8. The summed E-state index contributed by atoms with van der Waals surface area (Å²) in [6, 6.07) is 4.49. The topological polar surface area (TPSA) is 56.3 Å². The molecule has 0 aliphatic carbocycles. The lowest BCUT2D eigenvalue weighted by Gasteiger charge is -2.18. The number of benzene rings is 1. The molecule has 0 saturated carbocycles. The zero-order valence-corrected chi connectivity index (χ0v) is 18.6. The van der Waals surface area contributed by atoms with Gasteiger partial charge in [0.15, 0.2) is 5.82 Å². The van der Waals surface area contributed by atoms with Crippen LogP contribution in [-0.2, 0) is 0 Å². The molecule has 27 heavy (non-hydrogen) atoms. The van der Waals surface area contributed by atoms with E-state index in [0.717, 1.165) is 12.8 Å². The van der Waals surface area contributed by atoms with Gasteiger partial charge in [0.1, 0.15) is 5.75 Å². The van der Waals surface area contributed by atoms with E-state index < -0.39 is 6.01 Å². The second kappa shape index (κ2) is 10.1.